The number of ether oxygens (including phenoxy) is 3. The quantitative estimate of drug-likeness (QED) is 0.104. The van der Waals surface area contributed by atoms with Crippen molar-refractivity contribution in [2.45, 2.75) is 19.8 Å². The summed E-state index contributed by atoms with van der Waals surface area (Å²) in [6.45, 7) is 7.19. The molecule has 2 N–H and O–H groups in total. The summed E-state index contributed by atoms with van der Waals surface area (Å²) >= 11 is 0. The third-order valence-electron chi connectivity index (χ3n) is 7.52. The lowest BCUT2D eigenvalue weighted by molar-refractivity contribution is -0.385. The van der Waals surface area contributed by atoms with Gasteiger partial charge in [0.05, 0.1) is 36.9 Å². The van der Waals surface area contributed by atoms with E-state index in [4.69, 9.17) is 15.2 Å². The molecular weight excluding hydrogens is 687 g/mol. The molecule has 3 aromatic rings. The number of nitrogen functional groups attached to an aromatic ring is 1. The summed E-state index contributed by atoms with van der Waals surface area (Å²) in [6.07, 6.45) is 2.63. The summed E-state index contributed by atoms with van der Waals surface area (Å²) in [7, 11) is 20.7. The van der Waals surface area contributed by atoms with Crippen LogP contribution in [-0.2, 0) is 0 Å². The van der Waals surface area contributed by atoms with Crippen LogP contribution in [0.15, 0.2) is 54.6 Å². The van der Waals surface area contributed by atoms with E-state index in [2.05, 4.69) is 66.5 Å². The second-order valence-corrected chi connectivity index (χ2v) is 12.7. The van der Waals surface area contributed by atoms with Crippen LogP contribution < -0.4 is 29.7 Å². The highest BCUT2D eigenvalue weighted by Crippen LogP contribution is 2.31. The van der Waals surface area contributed by atoms with Gasteiger partial charge in [0.15, 0.2) is 11.5 Å². The van der Waals surface area contributed by atoms with Crippen molar-refractivity contribution in [1.29, 1.82) is 0 Å². The molecule has 0 aliphatic carbocycles. The fraction of sp³-hybridized carbons (Fsp3) is 0.514. The van der Waals surface area contributed by atoms with Crippen LogP contribution in [0.5, 0.6) is 17.2 Å². The van der Waals surface area contributed by atoms with Crippen LogP contribution >= 0.6 is 0 Å². The van der Waals surface area contributed by atoms with Crippen molar-refractivity contribution in [2.24, 2.45) is 0 Å². The van der Waals surface area contributed by atoms with Gasteiger partial charge in [0.25, 0.3) is 0 Å². The van der Waals surface area contributed by atoms with E-state index in [1.165, 1.54) is 39.7 Å². The maximum atomic E-state index is 12.5. The highest BCUT2D eigenvalue weighted by molar-refractivity contribution is 5.62. The van der Waals surface area contributed by atoms with Crippen molar-refractivity contribution in [3.8, 4) is 17.2 Å². The minimum atomic E-state index is -0.627. The molecule has 0 spiro atoms. The van der Waals surface area contributed by atoms with E-state index in [-0.39, 0.29) is 22.9 Å². The second kappa shape index (κ2) is 25.9. The van der Waals surface area contributed by atoms with Crippen LogP contribution in [-0.4, -0.2) is 135 Å². The smallest absolute Gasteiger partial charge is 0.311 e. The summed E-state index contributed by atoms with van der Waals surface area (Å²) in [5.41, 5.74) is 8.22. The molecule has 3 rings (SSSR count). The number of methoxy groups -OCH3 is 3. The fourth-order valence-electron chi connectivity index (χ4n) is 4.23. The molecule has 16 heteroatoms. The highest BCUT2D eigenvalue weighted by atomic mass is 19.1. The SMILES string of the molecule is CCCCN(C)C.COc1cc(F)ccc1[N+](=O)[O-].COc1cc(N(C)CCN(C)C)ccc1N.COc1cc(N(C)CCN(C)C)ccc1[N+](=O)[O-]. The summed E-state index contributed by atoms with van der Waals surface area (Å²) in [6, 6.07) is 13.8. The van der Waals surface area contributed by atoms with E-state index >= 15 is 0 Å². The molecule has 0 saturated heterocycles. The van der Waals surface area contributed by atoms with Crippen LogP contribution in [0, 0.1) is 26.0 Å². The minimum absolute atomic E-state index is 0.0118. The van der Waals surface area contributed by atoms with Gasteiger partial charge in [-0.2, -0.15) is 0 Å². The highest BCUT2D eigenvalue weighted by Gasteiger charge is 2.16. The molecule has 298 valence electrons. The number of nitrogens with two attached hydrogens (primary N) is 1. The second-order valence-electron chi connectivity index (χ2n) is 12.7. The largest absolute Gasteiger partial charge is 0.495 e. The van der Waals surface area contributed by atoms with Crippen molar-refractivity contribution >= 4 is 28.4 Å². The molecule has 0 radical (unpaired) electrons. The Kier molecular flexibility index (Phi) is 23.5. The molecule has 15 nitrogen and oxygen atoms in total. The average molecular weight is 749 g/mol. The van der Waals surface area contributed by atoms with Gasteiger partial charge >= 0.3 is 11.4 Å². The molecule has 0 saturated carbocycles. The first-order valence-corrected chi connectivity index (χ1v) is 17.0. The Hall–Kier alpha value is -4.93. The van der Waals surface area contributed by atoms with E-state index in [0.29, 0.717) is 5.69 Å². The Balaban J connectivity index is 0.000000712. The zero-order chi connectivity index (χ0) is 40.7. The lowest BCUT2D eigenvalue weighted by Crippen LogP contribution is -2.28. The molecule has 0 unspecified atom stereocenters. The maximum absolute atomic E-state index is 12.5. The van der Waals surface area contributed by atoms with E-state index in [1.807, 2.05) is 44.2 Å². The predicted octanol–water partition coefficient (Wildman–Crippen LogP) is 5.97. The van der Waals surface area contributed by atoms with Gasteiger partial charge in [-0.25, -0.2) is 4.39 Å². The monoisotopic (exact) mass is 748 g/mol. The zero-order valence-corrected chi connectivity index (χ0v) is 33.6. The maximum Gasteiger partial charge on any atom is 0.311 e. The molecule has 0 heterocycles. The van der Waals surface area contributed by atoms with Crippen molar-refractivity contribution < 1.29 is 28.4 Å². The van der Waals surface area contributed by atoms with Crippen LogP contribution in [0.3, 0.4) is 0 Å². The zero-order valence-electron chi connectivity index (χ0n) is 33.6. The lowest BCUT2D eigenvalue weighted by Gasteiger charge is -2.22. The van der Waals surface area contributed by atoms with Crippen LogP contribution in [0.2, 0.25) is 0 Å². The molecule has 0 aliphatic heterocycles. The summed E-state index contributed by atoms with van der Waals surface area (Å²) < 4.78 is 27.3. The predicted molar refractivity (Wildman–Crippen MR) is 214 cm³/mol. The first-order valence-electron chi connectivity index (χ1n) is 17.0. The lowest BCUT2D eigenvalue weighted by atomic mass is 10.2. The topological polar surface area (TPSA) is 156 Å². The summed E-state index contributed by atoms with van der Waals surface area (Å²) in [5.74, 6) is 0.390. The van der Waals surface area contributed by atoms with Crippen LogP contribution in [0.1, 0.15) is 19.8 Å². The Labute approximate surface area is 314 Å². The average Bonchev–Trinajstić information content (AvgIpc) is 3.12. The number of benzene rings is 3. The third-order valence-corrected chi connectivity index (χ3v) is 7.52. The molecule has 0 amide bonds. The van der Waals surface area contributed by atoms with E-state index in [1.54, 1.807) is 19.2 Å². The van der Waals surface area contributed by atoms with E-state index in [0.717, 1.165) is 61.5 Å². The first kappa shape index (κ1) is 48.1. The number of nitro groups is 2. The van der Waals surface area contributed by atoms with Crippen molar-refractivity contribution in [2.75, 3.05) is 126 Å². The van der Waals surface area contributed by atoms with Gasteiger partial charge in [0.1, 0.15) is 11.6 Å². The molecule has 3 aromatic carbocycles. The fourth-order valence-corrected chi connectivity index (χ4v) is 4.23. The number of halogens is 1. The van der Waals surface area contributed by atoms with Gasteiger partial charge in [-0.1, -0.05) is 13.3 Å². The number of nitro benzene ring substituents is 2. The minimum Gasteiger partial charge on any atom is -0.495 e. The molecule has 0 fully saturated rings. The molecule has 0 bridgehead atoms. The van der Waals surface area contributed by atoms with Gasteiger partial charge < -0.3 is 44.4 Å². The summed E-state index contributed by atoms with van der Waals surface area (Å²) in [4.78, 5) is 30.7. The van der Waals surface area contributed by atoms with Gasteiger partial charge in [-0.15, -0.1) is 0 Å². The van der Waals surface area contributed by atoms with Crippen molar-refractivity contribution in [3.63, 3.8) is 0 Å². The van der Waals surface area contributed by atoms with Crippen LogP contribution in [0.25, 0.3) is 0 Å². The molecule has 53 heavy (non-hydrogen) atoms. The van der Waals surface area contributed by atoms with Gasteiger partial charge in [0, 0.05) is 82.0 Å². The van der Waals surface area contributed by atoms with E-state index < -0.39 is 15.7 Å². The molecule has 0 aliphatic rings. The first-order chi connectivity index (χ1) is 24.9. The van der Waals surface area contributed by atoms with E-state index in [9.17, 15) is 24.6 Å². The number of rotatable bonds is 16. The Morgan fingerprint density at radius 1 is 0.604 bits per heavy atom. The number of likely N-dealkylation sites (N-methyl/N-ethyl adjacent to an activating group) is 4. The van der Waals surface area contributed by atoms with Gasteiger partial charge in [-0.3, -0.25) is 20.2 Å². The standard InChI is InChI=1S/C12H19N3O3.C12H21N3O.C7H6FNO3.C6H15N/c1-13(2)7-8-14(3)10-5-6-11(15(16)17)12(9-10)18-4;1-14(2)7-8-15(3)10-5-6-11(13)12(9-10)16-4;1-12-7-4-5(8)2-3-6(7)9(10)11;1-4-5-6-7(2)3/h5-6,9H,7-8H2,1-4H3;5-6,9H,7-8,13H2,1-4H3;2-4H,1H3;4-6H2,1-3H3. The van der Waals surface area contributed by atoms with Crippen LogP contribution in [0.4, 0.5) is 32.8 Å². The Bertz CT molecular complexity index is 1510. The molecule has 0 aromatic heterocycles. The Morgan fingerprint density at radius 3 is 1.38 bits per heavy atom. The summed E-state index contributed by atoms with van der Waals surface area (Å²) in [5, 5.41) is 21.1. The number of unbranched alkanes of at least 4 members (excludes halogenated alkanes) is 1. The number of nitrogens with zero attached hydrogens (tertiary/aromatic N) is 7. The number of hydrogen-bond donors (Lipinski definition) is 1. The Morgan fingerprint density at radius 2 is 1.00 bits per heavy atom. The van der Waals surface area contributed by atoms with Gasteiger partial charge in [0.2, 0.25) is 0 Å². The molecule has 0 atom stereocenters. The van der Waals surface area contributed by atoms with Gasteiger partial charge in [-0.05, 0) is 79.5 Å². The van der Waals surface area contributed by atoms with Crippen molar-refractivity contribution in [3.05, 3.63) is 80.6 Å². The number of hydrogen-bond acceptors (Lipinski definition) is 13. The molecular formula is C37H61FN8O7. The third kappa shape index (κ3) is 19.5. The van der Waals surface area contributed by atoms with Crippen molar-refractivity contribution in [1.82, 2.24) is 14.7 Å². The number of anilines is 3. The normalized spacial score (nSPS) is 10.3.